The van der Waals surface area contributed by atoms with Crippen molar-refractivity contribution in [2.24, 2.45) is 0 Å². The Labute approximate surface area is 146 Å². The van der Waals surface area contributed by atoms with Gasteiger partial charge < -0.3 is 15.7 Å². The minimum absolute atomic E-state index is 0.320. The largest absolute Gasteiger partial charge is 0.386 e. The van der Waals surface area contributed by atoms with Gasteiger partial charge >= 0.3 is 6.43 Å². The lowest BCUT2D eigenvalue weighted by molar-refractivity contribution is -0.133. The van der Waals surface area contributed by atoms with Crippen LogP contribution in [0.2, 0.25) is 0 Å². The number of aliphatic hydroxyl groups excluding tert-OH is 1. The molecule has 136 valence electrons. The summed E-state index contributed by atoms with van der Waals surface area (Å²) >= 11 is 1.51. The third-order valence-corrected chi connectivity index (χ3v) is 4.54. The summed E-state index contributed by atoms with van der Waals surface area (Å²) < 4.78 is 37.5. The molecule has 2 atom stereocenters. The Balaban J connectivity index is 2.10. The van der Waals surface area contributed by atoms with Gasteiger partial charge in [-0.05, 0) is 18.2 Å². The molecule has 3 N–H and O–H groups in total. The van der Waals surface area contributed by atoms with Crippen LogP contribution in [0.4, 0.5) is 13.2 Å². The number of aliphatic hydroxyl groups is 1. The Hall–Kier alpha value is -1.97. The highest BCUT2D eigenvalue weighted by Crippen LogP contribution is 2.28. The number of alkyl halides is 3. The molecule has 1 amide bonds. The highest BCUT2D eigenvalue weighted by Gasteiger charge is 2.26. The van der Waals surface area contributed by atoms with Crippen molar-refractivity contribution in [3.63, 3.8) is 0 Å². The van der Waals surface area contributed by atoms with Crippen LogP contribution in [0.5, 0.6) is 0 Å². The lowest BCUT2D eigenvalue weighted by atomic mass is 10.0. The number of carbonyl (C=O) groups is 1. The number of nitrogens with one attached hydrogen (secondary N) is 2. The van der Waals surface area contributed by atoms with Crippen LogP contribution in [0, 0.1) is 0 Å². The molecular weight excluding hydrogens is 355 g/mol. The first-order valence-corrected chi connectivity index (χ1v) is 8.30. The van der Waals surface area contributed by atoms with Crippen LogP contribution in [0.3, 0.4) is 0 Å². The molecule has 2 rings (SSSR count). The smallest absolute Gasteiger partial charge is 0.315 e. The first kappa shape index (κ1) is 19.4. The molecule has 0 bridgehead atoms. The quantitative estimate of drug-likeness (QED) is 0.664. The van der Waals surface area contributed by atoms with Gasteiger partial charge in [-0.1, -0.05) is 24.3 Å². The van der Waals surface area contributed by atoms with Gasteiger partial charge in [-0.2, -0.15) is 8.78 Å². The minimum Gasteiger partial charge on any atom is -0.386 e. The van der Waals surface area contributed by atoms with Gasteiger partial charge in [0.2, 0.25) is 0 Å². The number of benzene rings is 1. The molecule has 1 heterocycles. The van der Waals surface area contributed by atoms with Crippen molar-refractivity contribution in [1.29, 1.82) is 0 Å². The topological polar surface area (TPSA) is 74.2 Å². The van der Waals surface area contributed by atoms with E-state index in [2.05, 4.69) is 10.3 Å². The second-order valence-electron chi connectivity index (χ2n) is 5.29. The van der Waals surface area contributed by atoms with E-state index in [1.54, 1.807) is 35.8 Å². The lowest BCUT2D eigenvalue weighted by Crippen LogP contribution is -2.43. The Morgan fingerprint density at radius 2 is 2.00 bits per heavy atom. The summed E-state index contributed by atoms with van der Waals surface area (Å²) in [5, 5.41) is 15.9. The van der Waals surface area contributed by atoms with Gasteiger partial charge in [0.25, 0.3) is 5.91 Å². The summed E-state index contributed by atoms with van der Waals surface area (Å²) in [5.41, 5.74) is 1.19. The van der Waals surface area contributed by atoms with Gasteiger partial charge in [0.05, 0.1) is 10.9 Å². The number of hydrogen-bond donors (Lipinski definition) is 3. The van der Waals surface area contributed by atoms with Crippen LogP contribution in [0.1, 0.15) is 16.7 Å². The SMILES string of the molecule is CNCc1ncc(-c2ccc([C@@H](O)[C@@H](CF)NC(=O)C(F)F)cc2)s1. The van der Waals surface area contributed by atoms with Crippen molar-refractivity contribution in [2.75, 3.05) is 13.7 Å². The van der Waals surface area contributed by atoms with Gasteiger partial charge in [-0.25, -0.2) is 9.37 Å². The number of thiazole rings is 1. The van der Waals surface area contributed by atoms with E-state index in [4.69, 9.17) is 0 Å². The molecule has 0 saturated carbocycles. The van der Waals surface area contributed by atoms with Crippen LogP contribution in [0.25, 0.3) is 10.4 Å². The van der Waals surface area contributed by atoms with E-state index in [0.717, 1.165) is 15.4 Å². The standard InChI is InChI=1S/C16H18F3N3O2S/c1-20-8-13-21-7-12(25-13)9-2-4-10(5-3-9)14(23)11(6-17)22-16(24)15(18)19/h2-5,7,11,14-15,20,23H,6,8H2,1H3,(H,22,24)/t11-,14-/m1/s1. The van der Waals surface area contributed by atoms with Gasteiger partial charge in [0.15, 0.2) is 0 Å². The van der Waals surface area contributed by atoms with Crippen molar-refractivity contribution < 1.29 is 23.1 Å². The summed E-state index contributed by atoms with van der Waals surface area (Å²) in [6, 6.07) is 5.14. The molecule has 0 aliphatic rings. The fraction of sp³-hybridized carbons (Fsp3) is 0.375. The second kappa shape index (κ2) is 8.93. The first-order valence-electron chi connectivity index (χ1n) is 7.48. The molecule has 1 aromatic carbocycles. The van der Waals surface area contributed by atoms with Crippen LogP contribution in [-0.2, 0) is 11.3 Å². The van der Waals surface area contributed by atoms with E-state index in [9.17, 15) is 23.1 Å². The molecule has 0 saturated heterocycles. The van der Waals surface area contributed by atoms with Crippen molar-refractivity contribution in [3.8, 4) is 10.4 Å². The number of aromatic nitrogens is 1. The Bertz CT molecular complexity index is 694. The molecular formula is C16H18F3N3O2S. The Morgan fingerprint density at radius 1 is 1.32 bits per heavy atom. The molecule has 25 heavy (non-hydrogen) atoms. The fourth-order valence-corrected chi connectivity index (χ4v) is 3.14. The molecule has 9 heteroatoms. The molecule has 2 aromatic rings. The maximum Gasteiger partial charge on any atom is 0.315 e. The number of carbonyl (C=O) groups excluding carboxylic acids is 1. The van der Waals surface area contributed by atoms with Crippen molar-refractivity contribution in [3.05, 3.63) is 41.0 Å². The minimum atomic E-state index is -3.26. The maximum atomic E-state index is 13.0. The lowest BCUT2D eigenvalue weighted by Gasteiger charge is -2.21. The molecule has 0 spiro atoms. The molecule has 1 aromatic heterocycles. The molecule has 0 unspecified atom stereocenters. The first-order chi connectivity index (χ1) is 12.0. The number of rotatable bonds is 8. The van der Waals surface area contributed by atoms with Crippen LogP contribution >= 0.6 is 11.3 Å². The zero-order chi connectivity index (χ0) is 18.4. The van der Waals surface area contributed by atoms with Gasteiger partial charge in [0, 0.05) is 12.7 Å². The monoisotopic (exact) mass is 373 g/mol. The van der Waals surface area contributed by atoms with E-state index in [1.807, 2.05) is 7.05 Å². The number of halogens is 3. The predicted octanol–water partition coefficient (Wildman–Crippen LogP) is 2.28. The third-order valence-electron chi connectivity index (χ3n) is 3.49. The van der Waals surface area contributed by atoms with Crippen molar-refractivity contribution in [2.45, 2.75) is 25.1 Å². The van der Waals surface area contributed by atoms with E-state index in [0.29, 0.717) is 12.1 Å². The van der Waals surface area contributed by atoms with Crippen molar-refractivity contribution in [1.82, 2.24) is 15.6 Å². The van der Waals surface area contributed by atoms with Gasteiger partial charge in [0.1, 0.15) is 17.8 Å². The Morgan fingerprint density at radius 3 is 2.56 bits per heavy atom. The highest BCUT2D eigenvalue weighted by molar-refractivity contribution is 7.15. The number of hydrogen-bond acceptors (Lipinski definition) is 5. The average Bonchev–Trinajstić information content (AvgIpc) is 3.08. The summed E-state index contributed by atoms with van der Waals surface area (Å²) in [6.45, 7) is -0.507. The summed E-state index contributed by atoms with van der Waals surface area (Å²) in [4.78, 5) is 16.2. The molecule has 5 nitrogen and oxygen atoms in total. The van der Waals surface area contributed by atoms with Crippen LogP contribution in [-0.4, -0.2) is 42.2 Å². The normalized spacial score (nSPS) is 13.7. The van der Waals surface area contributed by atoms with E-state index in [1.165, 1.54) is 11.3 Å². The van der Waals surface area contributed by atoms with Crippen LogP contribution < -0.4 is 10.6 Å². The zero-order valence-corrected chi connectivity index (χ0v) is 14.2. The number of nitrogens with zero attached hydrogens (tertiary/aromatic N) is 1. The van der Waals surface area contributed by atoms with E-state index in [-0.39, 0.29) is 0 Å². The molecule has 0 radical (unpaired) electrons. The van der Waals surface area contributed by atoms with Crippen LogP contribution in [0.15, 0.2) is 30.5 Å². The number of amides is 1. The third kappa shape index (κ3) is 5.00. The Kier molecular flexibility index (Phi) is 6.91. The van der Waals surface area contributed by atoms with E-state index >= 15 is 0 Å². The molecule has 0 fully saturated rings. The highest BCUT2D eigenvalue weighted by atomic mass is 32.1. The summed E-state index contributed by atoms with van der Waals surface area (Å²) in [6.07, 6.45) is -2.96. The molecule has 0 aliphatic heterocycles. The fourth-order valence-electron chi connectivity index (χ4n) is 2.20. The summed E-state index contributed by atoms with van der Waals surface area (Å²) in [7, 11) is 1.82. The van der Waals surface area contributed by atoms with Gasteiger partial charge in [-0.3, -0.25) is 4.79 Å². The summed E-state index contributed by atoms with van der Waals surface area (Å²) in [5.74, 6) is -1.61. The predicted molar refractivity (Wildman–Crippen MR) is 89.2 cm³/mol. The van der Waals surface area contributed by atoms with E-state index < -0.39 is 31.2 Å². The average molecular weight is 373 g/mol. The maximum absolute atomic E-state index is 13.0. The zero-order valence-electron chi connectivity index (χ0n) is 13.4. The molecule has 0 aliphatic carbocycles. The van der Waals surface area contributed by atoms with Crippen molar-refractivity contribution >= 4 is 17.2 Å². The second-order valence-corrected chi connectivity index (χ2v) is 6.40. The van der Waals surface area contributed by atoms with Gasteiger partial charge in [-0.15, -0.1) is 11.3 Å².